The zero-order valence-corrected chi connectivity index (χ0v) is 15.6. The summed E-state index contributed by atoms with van der Waals surface area (Å²) >= 11 is 6.84. The van der Waals surface area contributed by atoms with Crippen LogP contribution in [0.15, 0.2) is 30.3 Å². The molecule has 2 N–H and O–H groups in total. The van der Waals surface area contributed by atoms with E-state index < -0.39 is 5.60 Å². The van der Waals surface area contributed by atoms with E-state index in [9.17, 15) is 9.90 Å². The number of amides is 1. The summed E-state index contributed by atoms with van der Waals surface area (Å²) in [5.41, 5.74) is 0.340. The van der Waals surface area contributed by atoms with Gasteiger partial charge in [-0.3, -0.25) is 4.79 Å². The SMILES string of the molecule is CCCC(=O)N[C@@H](c1ccccc1)[C@H]1[C@H]2C[C@@H]3C[C@](Cl)(C2)C[C@@]1(O)C3. The van der Waals surface area contributed by atoms with Crippen LogP contribution in [0.1, 0.15) is 63.5 Å². The van der Waals surface area contributed by atoms with E-state index in [1.54, 1.807) is 0 Å². The molecule has 4 aliphatic carbocycles. The maximum Gasteiger partial charge on any atom is 0.220 e. The molecule has 6 atom stereocenters. The van der Waals surface area contributed by atoms with Crippen LogP contribution in [-0.2, 0) is 4.79 Å². The molecule has 136 valence electrons. The Morgan fingerprint density at radius 2 is 2.08 bits per heavy atom. The van der Waals surface area contributed by atoms with E-state index in [-0.39, 0.29) is 22.7 Å². The number of rotatable bonds is 5. The molecule has 5 rings (SSSR count). The number of carbonyl (C=O) groups excluding carboxylic acids is 1. The van der Waals surface area contributed by atoms with Gasteiger partial charge < -0.3 is 10.4 Å². The van der Waals surface area contributed by atoms with Crippen molar-refractivity contribution in [3.8, 4) is 0 Å². The van der Waals surface area contributed by atoms with Gasteiger partial charge in [0.1, 0.15) is 0 Å². The molecule has 4 heteroatoms. The topological polar surface area (TPSA) is 49.3 Å². The van der Waals surface area contributed by atoms with E-state index in [1.165, 1.54) is 0 Å². The summed E-state index contributed by atoms with van der Waals surface area (Å²) in [5.74, 6) is 1.05. The fourth-order valence-corrected chi connectivity index (χ4v) is 6.80. The number of benzene rings is 1. The minimum absolute atomic E-state index is 0.0548. The molecule has 0 unspecified atom stereocenters. The number of nitrogens with one attached hydrogen (secondary N) is 1. The standard InChI is InChI=1S/C21H28ClNO2/c1-2-6-17(24)23-19(15-7-4-3-5-8-15)18-16-9-14-10-20(22,12-16)13-21(18,25)11-14/h3-5,7-8,14,16,18-19,25H,2,6,9-13H2,1H3,(H,23,24)/t14-,16+,18-,19+,20+,21+/m1/s1. The molecule has 4 saturated carbocycles. The summed E-state index contributed by atoms with van der Waals surface area (Å²) in [6.07, 6.45) is 5.99. The lowest BCUT2D eigenvalue weighted by atomic mass is 9.47. The fraction of sp³-hybridized carbons (Fsp3) is 0.667. The van der Waals surface area contributed by atoms with Crippen LogP contribution in [0, 0.1) is 17.8 Å². The third kappa shape index (κ3) is 3.10. The van der Waals surface area contributed by atoms with Gasteiger partial charge in [0.15, 0.2) is 0 Å². The van der Waals surface area contributed by atoms with Crippen molar-refractivity contribution in [3.63, 3.8) is 0 Å². The average Bonchev–Trinajstić information content (AvgIpc) is 2.52. The van der Waals surface area contributed by atoms with Crippen LogP contribution >= 0.6 is 11.6 Å². The van der Waals surface area contributed by atoms with Crippen molar-refractivity contribution in [2.75, 3.05) is 0 Å². The summed E-state index contributed by atoms with van der Waals surface area (Å²) in [7, 11) is 0. The van der Waals surface area contributed by atoms with Gasteiger partial charge >= 0.3 is 0 Å². The highest BCUT2D eigenvalue weighted by Crippen LogP contribution is 2.64. The van der Waals surface area contributed by atoms with Crippen molar-refractivity contribution in [1.82, 2.24) is 5.32 Å². The normalized spacial score (nSPS) is 40.0. The molecule has 3 nitrogen and oxygen atoms in total. The summed E-state index contributed by atoms with van der Waals surface area (Å²) < 4.78 is 0. The first-order valence-corrected chi connectivity index (χ1v) is 10.1. The van der Waals surface area contributed by atoms with Crippen molar-refractivity contribution >= 4 is 17.5 Å². The van der Waals surface area contributed by atoms with Crippen LogP contribution in [0.2, 0.25) is 0 Å². The molecule has 25 heavy (non-hydrogen) atoms. The number of halogens is 1. The van der Waals surface area contributed by atoms with Crippen LogP contribution in [0.4, 0.5) is 0 Å². The second-order valence-corrected chi connectivity index (χ2v) is 9.44. The van der Waals surface area contributed by atoms with Crippen molar-refractivity contribution in [1.29, 1.82) is 0 Å². The molecule has 0 aromatic heterocycles. The van der Waals surface area contributed by atoms with Gasteiger partial charge in [0.25, 0.3) is 0 Å². The zero-order valence-electron chi connectivity index (χ0n) is 14.9. The number of alkyl halides is 1. The van der Waals surface area contributed by atoms with Gasteiger partial charge in [0.05, 0.1) is 11.6 Å². The predicted octanol–water partition coefficient (Wildman–Crippen LogP) is 4.19. The predicted molar refractivity (Wildman–Crippen MR) is 99.3 cm³/mol. The largest absolute Gasteiger partial charge is 0.389 e. The third-order valence-electron chi connectivity index (χ3n) is 6.62. The molecule has 4 aliphatic rings. The van der Waals surface area contributed by atoms with Crippen molar-refractivity contribution in [2.45, 2.75) is 68.4 Å². The number of carbonyl (C=O) groups is 1. The van der Waals surface area contributed by atoms with Crippen LogP contribution in [-0.4, -0.2) is 21.5 Å². The highest BCUT2D eigenvalue weighted by molar-refractivity contribution is 6.24. The molecule has 4 bridgehead atoms. The van der Waals surface area contributed by atoms with Gasteiger partial charge in [0.2, 0.25) is 5.91 Å². The molecular weight excluding hydrogens is 334 g/mol. The fourth-order valence-electron chi connectivity index (χ4n) is 6.15. The molecule has 0 heterocycles. The van der Waals surface area contributed by atoms with E-state index >= 15 is 0 Å². The molecule has 0 spiro atoms. The highest BCUT2D eigenvalue weighted by Gasteiger charge is 2.63. The first-order valence-electron chi connectivity index (χ1n) is 9.68. The highest BCUT2D eigenvalue weighted by atomic mass is 35.5. The molecule has 0 radical (unpaired) electrons. The van der Waals surface area contributed by atoms with Crippen LogP contribution in [0.5, 0.6) is 0 Å². The minimum Gasteiger partial charge on any atom is -0.389 e. The van der Waals surface area contributed by atoms with E-state index in [0.717, 1.165) is 37.7 Å². The zero-order chi connectivity index (χ0) is 17.7. The van der Waals surface area contributed by atoms with Crippen LogP contribution in [0.25, 0.3) is 0 Å². The Hall–Kier alpha value is -1.06. The quantitative estimate of drug-likeness (QED) is 0.772. The smallest absolute Gasteiger partial charge is 0.220 e. The Morgan fingerprint density at radius 3 is 2.72 bits per heavy atom. The Bertz CT molecular complexity index is 651. The summed E-state index contributed by atoms with van der Waals surface area (Å²) in [6, 6.07) is 10.0. The van der Waals surface area contributed by atoms with E-state index in [1.807, 2.05) is 25.1 Å². The third-order valence-corrected chi connectivity index (χ3v) is 7.07. The van der Waals surface area contributed by atoms with Crippen molar-refractivity contribution < 1.29 is 9.90 Å². The van der Waals surface area contributed by atoms with E-state index in [4.69, 9.17) is 11.6 Å². The van der Waals surface area contributed by atoms with Gasteiger partial charge in [-0.1, -0.05) is 37.3 Å². The Balaban J connectivity index is 1.68. The van der Waals surface area contributed by atoms with Gasteiger partial charge in [-0.2, -0.15) is 0 Å². The van der Waals surface area contributed by atoms with E-state index in [0.29, 0.717) is 24.7 Å². The molecule has 1 aromatic carbocycles. The Kier molecular flexibility index (Phi) is 4.36. The molecule has 1 amide bonds. The molecule has 4 fully saturated rings. The summed E-state index contributed by atoms with van der Waals surface area (Å²) in [6.45, 7) is 2.02. The number of hydrogen-bond donors (Lipinski definition) is 2. The monoisotopic (exact) mass is 361 g/mol. The second kappa shape index (κ2) is 6.28. The Labute approximate surface area is 155 Å². The first-order chi connectivity index (χ1) is 11.9. The van der Waals surface area contributed by atoms with Gasteiger partial charge in [0, 0.05) is 17.2 Å². The van der Waals surface area contributed by atoms with Crippen molar-refractivity contribution in [2.24, 2.45) is 17.8 Å². The van der Waals surface area contributed by atoms with E-state index in [2.05, 4.69) is 17.4 Å². The lowest BCUT2D eigenvalue weighted by Gasteiger charge is -2.63. The van der Waals surface area contributed by atoms with Crippen molar-refractivity contribution in [3.05, 3.63) is 35.9 Å². The number of aliphatic hydroxyl groups is 1. The average molecular weight is 362 g/mol. The molecular formula is C21H28ClNO2. The first kappa shape index (κ1) is 17.4. The lowest BCUT2D eigenvalue weighted by Crippen LogP contribution is -2.64. The lowest BCUT2D eigenvalue weighted by molar-refractivity contribution is -0.175. The van der Waals surface area contributed by atoms with Gasteiger partial charge in [-0.25, -0.2) is 0 Å². The van der Waals surface area contributed by atoms with Crippen LogP contribution in [0.3, 0.4) is 0 Å². The summed E-state index contributed by atoms with van der Waals surface area (Å²) in [5, 5.41) is 14.8. The molecule has 0 aliphatic heterocycles. The maximum absolute atomic E-state index is 12.4. The number of hydrogen-bond acceptors (Lipinski definition) is 2. The van der Waals surface area contributed by atoms with Gasteiger partial charge in [-0.15, -0.1) is 11.6 Å². The minimum atomic E-state index is -0.758. The Morgan fingerprint density at radius 1 is 1.32 bits per heavy atom. The second-order valence-electron chi connectivity index (χ2n) is 8.64. The molecule has 0 saturated heterocycles. The molecule has 1 aromatic rings. The summed E-state index contributed by atoms with van der Waals surface area (Å²) in [4.78, 5) is 12.2. The van der Waals surface area contributed by atoms with Crippen LogP contribution < -0.4 is 5.32 Å². The maximum atomic E-state index is 12.4. The van der Waals surface area contributed by atoms with Gasteiger partial charge in [-0.05, 0) is 55.9 Å².